The summed E-state index contributed by atoms with van der Waals surface area (Å²) in [4.78, 5) is 4.47. The fraction of sp³-hybridized carbons (Fsp3) is 0.556. The Morgan fingerprint density at radius 2 is 1.14 bits per heavy atom. The number of aromatic nitrogens is 4. The van der Waals surface area contributed by atoms with E-state index in [1.54, 1.807) is 12.1 Å². The molecular formula is C18H24Cl2N6OS2. The fourth-order valence-corrected chi connectivity index (χ4v) is 4.55. The highest BCUT2D eigenvalue weighted by atomic mass is 35.5. The van der Waals surface area contributed by atoms with Crippen molar-refractivity contribution in [3.8, 4) is 0 Å². The molecular weight excluding hydrogens is 451 g/mol. The van der Waals surface area contributed by atoms with Crippen molar-refractivity contribution in [2.45, 2.75) is 0 Å². The van der Waals surface area contributed by atoms with Crippen molar-refractivity contribution < 1.29 is 4.74 Å². The maximum absolute atomic E-state index is 5.91. The van der Waals surface area contributed by atoms with Crippen LogP contribution in [0.1, 0.15) is 0 Å². The molecule has 0 aliphatic carbocycles. The van der Waals surface area contributed by atoms with E-state index in [0.29, 0.717) is 10.3 Å². The third-order valence-corrected chi connectivity index (χ3v) is 6.54. The van der Waals surface area contributed by atoms with Gasteiger partial charge in [-0.3, -0.25) is 0 Å². The molecule has 0 radical (unpaired) electrons. The lowest BCUT2D eigenvalue weighted by Crippen LogP contribution is -2.38. The lowest BCUT2D eigenvalue weighted by molar-refractivity contribution is 0.167. The number of anilines is 2. The zero-order valence-electron chi connectivity index (χ0n) is 16.0. The second kappa shape index (κ2) is 12.6. The van der Waals surface area contributed by atoms with Gasteiger partial charge in [0.2, 0.25) is 0 Å². The molecule has 1 aliphatic rings. The van der Waals surface area contributed by atoms with Gasteiger partial charge in [-0.2, -0.15) is 23.5 Å². The topological polar surface area (TPSA) is 67.3 Å². The molecule has 29 heavy (non-hydrogen) atoms. The van der Waals surface area contributed by atoms with Crippen LogP contribution < -0.4 is 9.80 Å². The third kappa shape index (κ3) is 7.97. The van der Waals surface area contributed by atoms with E-state index in [1.807, 2.05) is 35.7 Å². The van der Waals surface area contributed by atoms with Crippen molar-refractivity contribution >= 4 is 58.4 Å². The molecule has 11 heteroatoms. The number of rotatable bonds is 2. The molecule has 3 heterocycles. The molecule has 0 bridgehead atoms. The molecule has 7 nitrogen and oxygen atoms in total. The Hall–Kier alpha value is -1.00. The van der Waals surface area contributed by atoms with Crippen LogP contribution in [-0.4, -0.2) is 82.8 Å². The summed E-state index contributed by atoms with van der Waals surface area (Å²) in [6, 6.07) is 7.39. The summed E-state index contributed by atoms with van der Waals surface area (Å²) < 4.78 is 5.72. The Balaban J connectivity index is 1.72. The second-order valence-corrected chi connectivity index (χ2v) is 9.46. The van der Waals surface area contributed by atoms with E-state index in [1.165, 1.54) is 0 Å². The number of nitrogens with zero attached hydrogens (tertiary/aromatic N) is 6. The van der Waals surface area contributed by atoms with Gasteiger partial charge in [-0.25, -0.2) is 0 Å². The van der Waals surface area contributed by atoms with Crippen LogP contribution in [0.25, 0.3) is 0 Å². The average molecular weight is 475 g/mol. The zero-order valence-corrected chi connectivity index (χ0v) is 19.2. The van der Waals surface area contributed by atoms with E-state index in [4.69, 9.17) is 27.9 Å². The first-order valence-electron chi connectivity index (χ1n) is 9.44. The molecule has 2 aromatic rings. The summed E-state index contributed by atoms with van der Waals surface area (Å²) in [6.45, 7) is 4.91. The maximum atomic E-state index is 5.91. The van der Waals surface area contributed by atoms with Gasteiger partial charge in [0.25, 0.3) is 0 Å². The highest BCUT2D eigenvalue weighted by Gasteiger charge is 2.14. The summed E-state index contributed by atoms with van der Waals surface area (Å²) in [5.41, 5.74) is 0. The lowest BCUT2D eigenvalue weighted by Gasteiger charge is -2.28. The molecule has 158 valence electrons. The van der Waals surface area contributed by atoms with E-state index in [2.05, 4.69) is 30.2 Å². The maximum Gasteiger partial charge on any atom is 0.151 e. The van der Waals surface area contributed by atoms with E-state index >= 15 is 0 Å². The number of ether oxygens (including phenoxy) is 1. The Labute approximate surface area is 189 Å². The summed E-state index contributed by atoms with van der Waals surface area (Å²) in [6.07, 6.45) is 0. The first-order chi connectivity index (χ1) is 14.2. The first kappa shape index (κ1) is 22.7. The van der Waals surface area contributed by atoms with Crippen LogP contribution in [0, 0.1) is 0 Å². The largest absolute Gasteiger partial charge is 0.380 e. The Kier molecular flexibility index (Phi) is 9.89. The molecule has 0 N–H and O–H groups in total. The van der Waals surface area contributed by atoms with Gasteiger partial charge < -0.3 is 14.5 Å². The van der Waals surface area contributed by atoms with Gasteiger partial charge >= 0.3 is 0 Å². The first-order valence-corrected chi connectivity index (χ1v) is 12.5. The summed E-state index contributed by atoms with van der Waals surface area (Å²) in [5.74, 6) is 5.63. The minimum absolute atomic E-state index is 0.397. The third-order valence-electron chi connectivity index (χ3n) is 4.28. The lowest BCUT2D eigenvalue weighted by atomic mass is 10.3. The zero-order chi connectivity index (χ0) is 20.3. The van der Waals surface area contributed by atoms with Crippen LogP contribution in [-0.2, 0) is 4.74 Å². The minimum Gasteiger partial charge on any atom is -0.380 e. The molecule has 1 fully saturated rings. The Morgan fingerprint density at radius 3 is 1.55 bits per heavy atom. The molecule has 0 spiro atoms. The van der Waals surface area contributed by atoms with Gasteiger partial charge in [0, 0.05) is 49.2 Å². The predicted molar refractivity (Wildman–Crippen MR) is 124 cm³/mol. The second-order valence-electron chi connectivity index (χ2n) is 6.24. The van der Waals surface area contributed by atoms with Gasteiger partial charge in [0.1, 0.15) is 0 Å². The van der Waals surface area contributed by atoms with E-state index in [0.717, 1.165) is 74.0 Å². The Morgan fingerprint density at radius 1 is 0.655 bits per heavy atom. The monoisotopic (exact) mass is 474 g/mol. The molecule has 0 amide bonds. The van der Waals surface area contributed by atoms with Gasteiger partial charge in [0.05, 0.1) is 13.2 Å². The Bertz CT molecular complexity index is 664. The molecule has 3 rings (SSSR count). The molecule has 2 aromatic heterocycles. The van der Waals surface area contributed by atoms with E-state index in [9.17, 15) is 0 Å². The quantitative estimate of drug-likeness (QED) is 0.650. The molecule has 0 saturated carbocycles. The summed E-state index contributed by atoms with van der Waals surface area (Å²) in [5, 5.41) is 17.3. The van der Waals surface area contributed by atoms with Crippen molar-refractivity contribution in [2.24, 2.45) is 0 Å². The summed E-state index contributed by atoms with van der Waals surface area (Å²) >= 11 is 15.6. The van der Waals surface area contributed by atoms with Crippen LogP contribution >= 0.6 is 46.7 Å². The smallest absolute Gasteiger partial charge is 0.151 e. The number of hydrogen-bond acceptors (Lipinski definition) is 9. The molecule has 0 atom stereocenters. The van der Waals surface area contributed by atoms with Crippen molar-refractivity contribution in [2.75, 3.05) is 72.2 Å². The number of hydrogen-bond donors (Lipinski definition) is 0. The van der Waals surface area contributed by atoms with Gasteiger partial charge in [-0.15, -0.1) is 20.4 Å². The number of thioether (sulfide) groups is 2. The van der Waals surface area contributed by atoms with E-state index in [-0.39, 0.29) is 0 Å². The number of halogens is 2. The van der Waals surface area contributed by atoms with Crippen LogP contribution in [0.4, 0.5) is 11.6 Å². The van der Waals surface area contributed by atoms with E-state index < -0.39 is 0 Å². The predicted octanol–water partition coefficient (Wildman–Crippen LogP) is 3.38. The molecule has 0 aromatic carbocycles. The van der Waals surface area contributed by atoms with Crippen molar-refractivity contribution in [3.63, 3.8) is 0 Å². The van der Waals surface area contributed by atoms with Crippen LogP contribution in [0.2, 0.25) is 10.3 Å². The van der Waals surface area contributed by atoms with Gasteiger partial charge in [0.15, 0.2) is 21.9 Å². The van der Waals surface area contributed by atoms with Crippen molar-refractivity contribution in [3.05, 3.63) is 34.6 Å². The SMILES string of the molecule is Clc1ccc(N2CCSCCOCCSCCN(c3ccc(Cl)nn3)CC2)nn1. The van der Waals surface area contributed by atoms with Crippen LogP contribution in [0.15, 0.2) is 24.3 Å². The minimum atomic E-state index is 0.397. The van der Waals surface area contributed by atoms with Crippen molar-refractivity contribution in [1.29, 1.82) is 0 Å². The highest BCUT2D eigenvalue weighted by molar-refractivity contribution is 7.99. The normalized spacial score (nSPS) is 18.1. The van der Waals surface area contributed by atoms with Crippen LogP contribution in [0.3, 0.4) is 0 Å². The van der Waals surface area contributed by atoms with Crippen molar-refractivity contribution in [1.82, 2.24) is 20.4 Å². The summed E-state index contributed by atoms with van der Waals surface area (Å²) in [7, 11) is 0. The van der Waals surface area contributed by atoms with Crippen LogP contribution in [0.5, 0.6) is 0 Å². The van der Waals surface area contributed by atoms with Gasteiger partial charge in [-0.1, -0.05) is 23.2 Å². The molecule has 0 unspecified atom stereocenters. The fourth-order valence-electron chi connectivity index (χ4n) is 2.77. The standard InChI is InChI=1S/C18H24Cl2N6OS2/c19-15-1-3-17(23-21-15)25-5-6-26(18-4-2-16(20)22-24-18)8-12-29-14-10-27-9-13-28-11-7-25/h1-4H,5-14H2. The average Bonchev–Trinajstić information content (AvgIpc) is 2.74. The molecule has 1 aliphatic heterocycles. The highest BCUT2D eigenvalue weighted by Crippen LogP contribution is 2.17. The molecule has 1 saturated heterocycles. The van der Waals surface area contributed by atoms with Gasteiger partial charge in [-0.05, 0) is 24.3 Å².